The summed E-state index contributed by atoms with van der Waals surface area (Å²) in [6.07, 6.45) is -6.66. The lowest BCUT2D eigenvalue weighted by Gasteiger charge is -2.28. The van der Waals surface area contributed by atoms with Gasteiger partial charge in [0, 0.05) is 17.3 Å². The third-order valence-corrected chi connectivity index (χ3v) is 3.89. The van der Waals surface area contributed by atoms with E-state index in [0.717, 1.165) is 0 Å². The summed E-state index contributed by atoms with van der Waals surface area (Å²) in [6, 6.07) is 4.10. The maximum Gasteiger partial charge on any atom is 0.460 e. The zero-order valence-corrected chi connectivity index (χ0v) is 15.2. The average molecular weight is 443 g/mol. The molecule has 2 rings (SSSR count). The van der Waals surface area contributed by atoms with E-state index >= 15 is 0 Å². The lowest BCUT2D eigenvalue weighted by molar-refractivity contribution is -0.359. The number of amides is 1. The Hall–Kier alpha value is -2.96. The Morgan fingerprint density at radius 3 is 2.23 bits per heavy atom. The van der Waals surface area contributed by atoms with E-state index in [1.807, 2.05) is 5.32 Å². The Balaban J connectivity index is 2.33. The van der Waals surface area contributed by atoms with Crippen molar-refractivity contribution in [1.82, 2.24) is 4.98 Å². The van der Waals surface area contributed by atoms with Gasteiger partial charge in [0.25, 0.3) is 5.91 Å². The number of aryl methyl sites for hydroxylation is 1. The van der Waals surface area contributed by atoms with E-state index in [2.05, 4.69) is 15.3 Å². The molecule has 0 saturated heterocycles. The van der Waals surface area contributed by atoms with Crippen molar-refractivity contribution in [2.75, 3.05) is 17.9 Å². The third-order valence-electron chi connectivity index (χ3n) is 3.89. The topological polar surface area (TPSA) is 63.2 Å². The predicted octanol–water partition coefficient (Wildman–Crippen LogP) is 5.04. The van der Waals surface area contributed by atoms with Crippen LogP contribution in [0, 0.1) is 12.7 Å². The molecule has 0 fully saturated rings. The molecular weight excluding hydrogens is 430 g/mol. The summed E-state index contributed by atoms with van der Waals surface area (Å²) in [5.41, 5.74) is 1.18. The van der Waals surface area contributed by atoms with E-state index in [1.54, 1.807) is 6.07 Å². The first-order chi connectivity index (χ1) is 13.7. The second-order valence-corrected chi connectivity index (χ2v) is 5.99. The number of alkyl halides is 7. The molecule has 164 valence electrons. The third kappa shape index (κ3) is 4.30. The normalized spacial score (nSPS) is 12.6. The second-order valence-electron chi connectivity index (χ2n) is 5.99. The van der Waals surface area contributed by atoms with E-state index < -0.39 is 41.1 Å². The van der Waals surface area contributed by atoms with Gasteiger partial charge in [-0.1, -0.05) is 6.07 Å². The van der Waals surface area contributed by atoms with E-state index in [0.29, 0.717) is 11.3 Å². The minimum atomic E-state index is -6.58. The maximum absolute atomic E-state index is 14.1. The van der Waals surface area contributed by atoms with Crippen LogP contribution >= 0.6 is 0 Å². The number of aromatic nitrogens is 1. The van der Waals surface area contributed by atoms with Gasteiger partial charge in [-0.3, -0.25) is 15.1 Å². The van der Waals surface area contributed by atoms with Gasteiger partial charge >= 0.3 is 18.0 Å². The number of halogens is 8. The van der Waals surface area contributed by atoms with Gasteiger partial charge in [-0.15, -0.1) is 0 Å². The van der Waals surface area contributed by atoms with E-state index in [-0.39, 0.29) is 17.8 Å². The summed E-state index contributed by atoms with van der Waals surface area (Å²) in [7, 11) is 1.30. The number of carbonyl (C=O) groups excluding carboxylic acids is 1. The van der Waals surface area contributed by atoms with Crippen LogP contribution in [0.1, 0.15) is 21.5 Å². The molecule has 2 aromatic rings. The summed E-state index contributed by atoms with van der Waals surface area (Å²) in [4.78, 5) is 20.0. The quantitative estimate of drug-likeness (QED) is 0.485. The van der Waals surface area contributed by atoms with Crippen molar-refractivity contribution >= 4 is 17.4 Å². The number of anilines is 2. The first kappa shape index (κ1) is 23.3. The molecule has 0 aliphatic heterocycles. The summed E-state index contributed by atoms with van der Waals surface area (Å²) in [5.74, 6) is -15.9. The first-order valence-electron chi connectivity index (χ1n) is 7.91. The largest absolute Gasteiger partial charge is 0.460 e. The van der Waals surface area contributed by atoms with Crippen LogP contribution in [0.25, 0.3) is 0 Å². The van der Waals surface area contributed by atoms with Crippen LogP contribution in [0.15, 0.2) is 30.5 Å². The fourth-order valence-corrected chi connectivity index (χ4v) is 2.28. The standard InChI is InChI=1S/C17H13F8N3O2/c1-8-3-4-10(28-30-2)6-11(8)14(29)27-13-12(18)5-9(7-26-13)15(19,20)16(21,22)17(23,24)25/h3-7,28H,1-2H3,(H,26,27,29). The van der Waals surface area contributed by atoms with Crippen molar-refractivity contribution in [3.63, 3.8) is 0 Å². The molecule has 13 heteroatoms. The van der Waals surface area contributed by atoms with Crippen LogP contribution in [0.3, 0.4) is 0 Å². The zero-order valence-electron chi connectivity index (χ0n) is 15.2. The van der Waals surface area contributed by atoms with Crippen LogP contribution in [0.5, 0.6) is 0 Å². The zero-order chi connectivity index (χ0) is 22.9. The van der Waals surface area contributed by atoms with Crippen LogP contribution < -0.4 is 10.8 Å². The van der Waals surface area contributed by atoms with Crippen LogP contribution in [-0.2, 0) is 10.8 Å². The van der Waals surface area contributed by atoms with Gasteiger partial charge in [0.15, 0.2) is 11.6 Å². The molecule has 0 bridgehead atoms. The number of nitrogens with one attached hydrogen (secondary N) is 2. The highest BCUT2D eigenvalue weighted by atomic mass is 19.4. The van der Waals surface area contributed by atoms with E-state index in [9.17, 15) is 39.9 Å². The van der Waals surface area contributed by atoms with E-state index in [4.69, 9.17) is 0 Å². The number of hydrogen-bond acceptors (Lipinski definition) is 4. The molecule has 1 aromatic carbocycles. The van der Waals surface area contributed by atoms with Gasteiger partial charge in [-0.25, -0.2) is 9.37 Å². The smallest absolute Gasteiger partial charge is 0.304 e. The second kappa shape index (κ2) is 8.05. The molecule has 0 unspecified atom stereocenters. The van der Waals surface area contributed by atoms with Crippen LogP contribution in [0.4, 0.5) is 46.6 Å². The van der Waals surface area contributed by atoms with Crippen molar-refractivity contribution in [3.05, 3.63) is 53.0 Å². The van der Waals surface area contributed by atoms with Crippen molar-refractivity contribution in [3.8, 4) is 0 Å². The number of pyridine rings is 1. The predicted molar refractivity (Wildman–Crippen MR) is 88.9 cm³/mol. The summed E-state index contributed by atoms with van der Waals surface area (Å²) < 4.78 is 104. The van der Waals surface area contributed by atoms with Gasteiger partial charge in [0.2, 0.25) is 0 Å². The molecule has 0 spiro atoms. The summed E-state index contributed by atoms with van der Waals surface area (Å²) in [5, 5.41) is 1.94. The Morgan fingerprint density at radius 2 is 1.70 bits per heavy atom. The highest BCUT2D eigenvalue weighted by molar-refractivity contribution is 6.05. The SMILES string of the molecule is CONc1ccc(C)c(C(=O)Nc2ncc(C(F)(F)C(F)(F)C(F)(F)F)cc2F)c1. The van der Waals surface area contributed by atoms with Crippen LogP contribution in [0.2, 0.25) is 0 Å². The summed E-state index contributed by atoms with van der Waals surface area (Å²) >= 11 is 0. The molecule has 1 amide bonds. The number of rotatable bonds is 6. The molecule has 0 aliphatic carbocycles. The molecule has 0 saturated carbocycles. The highest BCUT2D eigenvalue weighted by Crippen LogP contribution is 2.51. The monoisotopic (exact) mass is 443 g/mol. The van der Waals surface area contributed by atoms with E-state index in [1.165, 1.54) is 26.2 Å². The van der Waals surface area contributed by atoms with Crippen molar-refractivity contribution in [2.24, 2.45) is 0 Å². The van der Waals surface area contributed by atoms with Gasteiger partial charge in [0.05, 0.1) is 12.8 Å². The average Bonchev–Trinajstić information content (AvgIpc) is 2.63. The van der Waals surface area contributed by atoms with Gasteiger partial charge in [-0.2, -0.15) is 30.7 Å². The molecule has 0 atom stereocenters. The molecule has 5 nitrogen and oxygen atoms in total. The Bertz CT molecular complexity index is 947. The maximum atomic E-state index is 14.1. The Morgan fingerprint density at radius 1 is 1.07 bits per heavy atom. The summed E-state index contributed by atoms with van der Waals surface area (Å²) in [6.45, 7) is 1.53. The number of benzene rings is 1. The van der Waals surface area contributed by atoms with Crippen LogP contribution in [-0.4, -0.2) is 30.1 Å². The first-order valence-corrected chi connectivity index (χ1v) is 7.91. The molecule has 30 heavy (non-hydrogen) atoms. The lowest BCUT2D eigenvalue weighted by atomic mass is 10.0. The van der Waals surface area contributed by atoms with Crippen molar-refractivity contribution in [2.45, 2.75) is 24.9 Å². The number of hydrogen-bond donors (Lipinski definition) is 2. The fourth-order valence-electron chi connectivity index (χ4n) is 2.28. The van der Waals surface area contributed by atoms with Gasteiger partial charge < -0.3 is 5.32 Å². The van der Waals surface area contributed by atoms with Gasteiger partial charge in [0.1, 0.15) is 0 Å². The molecule has 2 N–H and O–H groups in total. The minimum absolute atomic E-state index is 0.00346. The molecule has 1 aromatic heterocycles. The molecule has 1 heterocycles. The number of nitrogens with zero attached hydrogens (tertiary/aromatic N) is 1. The molecular formula is C17H13F8N3O2. The minimum Gasteiger partial charge on any atom is -0.304 e. The number of carbonyl (C=O) groups is 1. The van der Waals surface area contributed by atoms with Crippen molar-refractivity contribution in [1.29, 1.82) is 0 Å². The Labute approximate surface area is 164 Å². The van der Waals surface area contributed by atoms with Gasteiger partial charge in [-0.05, 0) is 30.7 Å². The fraction of sp³-hybridized carbons (Fsp3) is 0.294. The van der Waals surface area contributed by atoms with Crippen molar-refractivity contribution < 1.29 is 44.8 Å². The highest BCUT2D eigenvalue weighted by Gasteiger charge is 2.73. The molecule has 0 aliphatic rings. The molecule has 0 radical (unpaired) electrons. The Kier molecular flexibility index (Phi) is 6.26. The lowest BCUT2D eigenvalue weighted by Crippen LogP contribution is -2.50.